The number of carbonyl (C=O) groups excluding carboxylic acids is 1. The van der Waals surface area contributed by atoms with Gasteiger partial charge >= 0.3 is 6.03 Å². The van der Waals surface area contributed by atoms with Crippen molar-refractivity contribution in [3.8, 4) is 0 Å². The summed E-state index contributed by atoms with van der Waals surface area (Å²) in [5.41, 5.74) is 1.44. The van der Waals surface area contributed by atoms with Gasteiger partial charge in [-0.25, -0.2) is 4.79 Å². The number of halogens is 3. The lowest BCUT2D eigenvalue weighted by Gasteiger charge is -2.05. The van der Waals surface area contributed by atoms with Crippen molar-refractivity contribution < 1.29 is 4.79 Å². The van der Waals surface area contributed by atoms with Gasteiger partial charge in [-0.15, -0.1) is 0 Å². The molecule has 21 heavy (non-hydrogen) atoms. The van der Waals surface area contributed by atoms with Crippen LogP contribution in [0.15, 0.2) is 48.7 Å². The van der Waals surface area contributed by atoms with Gasteiger partial charge in [-0.05, 0) is 42.0 Å². The molecule has 0 spiro atoms. The van der Waals surface area contributed by atoms with Gasteiger partial charge in [0.05, 0.1) is 0 Å². The topological polar surface area (TPSA) is 41.1 Å². The van der Waals surface area contributed by atoms with Crippen molar-refractivity contribution in [1.29, 1.82) is 0 Å². The predicted molar refractivity (Wildman–Crippen MR) is 89.1 cm³/mol. The van der Waals surface area contributed by atoms with E-state index in [0.717, 1.165) is 5.56 Å². The van der Waals surface area contributed by atoms with Crippen LogP contribution in [0.25, 0.3) is 6.08 Å². The Morgan fingerprint density at radius 1 is 0.905 bits per heavy atom. The zero-order chi connectivity index (χ0) is 15.2. The molecule has 0 saturated heterocycles. The highest BCUT2D eigenvalue weighted by Gasteiger charge is 2.02. The molecule has 2 rings (SSSR count). The van der Waals surface area contributed by atoms with E-state index in [1.54, 1.807) is 36.4 Å². The maximum Gasteiger partial charge on any atom is 0.323 e. The fourth-order valence-electron chi connectivity index (χ4n) is 1.58. The Bertz CT molecular complexity index is 649. The van der Waals surface area contributed by atoms with E-state index in [1.165, 1.54) is 6.20 Å². The number of urea groups is 1. The van der Waals surface area contributed by atoms with Gasteiger partial charge in [0.25, 0.3) is 0 Å². The Labute approximate surface area is 137 Å². The van der Waals surface area contributed by atoms with Gasteiger partial charge in [-0.2, -0.15) is 0 Å². The molecule has 0 radical (unpaired) electrons. The molecule has 0 bridgehead atoms. The molecule has 0 aliphatic rings. The first-order valence-corrected chi connectivity index (χ1v) is 7.12. The molecule has 0 fully saturated rings. The van der Waals surface area contributed by atoms with Crippen LogP contribution in [-0.4, -0.2) is 6.03 Å². The van der Waals surface area contributed by atoms with Gasteiger partial charge < -0.3 is 10.6 Å². The first kappa shape index (κ1) is 15.7. The maximum absolute atomic E-state index is 11.7. The third kappa shape index (κ3) is 5.31. The van der Waals surface area contributed by atoms with Crippen LogP contribution in [-0.2, 0) is 0 Å². The minimum atomic E-state index is -0.390. The summed E-state index contributed by atoms with van der Waals surface area (Å²) in [7, 11) is 0. The van der Waals surface area contributed by atoms with E-state index in [-0.39, 0.29) is 0 Å². The summed E-state index contributed by atoms with van der Waals surface area (Å²) in [6, 6.07) is 11.6. The zero-order valence-electron chi connectivity index (χ0n) is 10.7. The van der Waals surface area contributed by atoms with Crippen molar-refractivity contribution in [2.24, 2.45) is 0 Å². The largest absolute Gasteiger partial charge is 0.323 e. The van der Waals surface area contributed by atoms with Crippen molar-refractivity contribution in [3.05, 3.63) is 69.3 Å². The van der Waals surface area contributed by atoms with Gasteiger partial charge in [0.15, 0.2) is 0 Å². The van der Waals surface area contributed by atoms with Crippen LogP contribution < -0.4 is 10.6 Å². The van der Waals surface area contributed by atoms with Gasteiger partial charge in [0.1, 0.15) is 0 Å². The summed E-state index contributed by atoms with van der Waals surface area (Å²) in [6.45, 7) is 0. The van der Waals surface area contributed by atoms with Crippen molar-refractivity contribution in [2.45, 2.75) is 0 Å². The van der Waals surface area contributed by atoms with Crippen LogP contribution in [0.4, 0.5) is 10.5 Å². The fraction of sp³-hybridized carbons (Fsp3) is 0. The second-order valence-electron chi connectivity index (χ2n) is 4.14. The Morgan fingerprint density at radius 3 is 2.14 bits per heavy atom. The second-order valence-corrected chi connectivity index (χ2v) is 5.45. The van der Waals surface area contributed by atoms with E-state index >= 15 is 0 Å². The first-order valence-electron chi connectivity index (χ1n) is 5.99. The molecule has 0 aromatic heterocycles. The Hall–Kier alpha value is -1.68. The highest BCUT2D eigenvalue weighted by molar-refractivity contribution is 6.35. The molecule has 2 aromatic rings. The van der Waals surface area contributed by atoms with E-state index < -0.39 is 6.03 Å². The molecule has 0 aliphatic heterocycles. The van der Waals surface area contributed by atoms with Crippen LogP contribution >= 0.6 is 34.8 Å². The van der Waals surface area contributed by atoms with Crippen molar-refractivity contribution in [1.82, 2.24) is 5.32 Å². The van der Waals surface area contributed by atoms with Crippen molar-refractivity contribution >= 4 is 52.6 Å². The number of nitrogens with one attached hydrogen (secondary N) is 2. The Morgan fingerprint density at radius 2 is 1.52 bits per heavy atom. The minimum absolute atomic E-state index is 0.390. The van der Waals surface area contributed by atoms with Gasteiger partial charge in [0, 0.05) is 27.0 Å². The molecular weight excluding hydrogens is 331 g/mol. The molecule has 6 heteroatoms. The van der Waals surface area contributed by atoms with Crippen LogP contribution in [0.5, 0.6) is 0 Å². The van der Waals surface area contributed by atoms with Gasteiger partial charge in [-0.3, -0.25) is 0 Å². The molecule has 0 saturated carbocycles. The third-order valence-electron chi connectivity index (χ3n) is 2.48. The summed E-state index contributed by atoms with van der Waals surface area (Å²) in [4.78, 5) is 11.7. The molecule has 2 N–H and O–H groups in total. The number of amides is 2. The number of carbonyl (C=O) groups is 1. The zero-order valence-corrected chi connectivity index (χ0v) is 13.0. The molecule has 0 heterocycles. The molecule has 0 atom stereocenters. The fourth-order valence-corrected chi connectivity index (χ4v) is 2.23. The van der Waals surface area contributed by atoms with E-state index in [2.05, 4.69) is 10.6 Å². The summed E-state index contributed by atoms with van der Waals surface area (Å²) >= 11 is 17.5. The Balaban J connectivity index is 1.91. The highest BCUT2D eigenvalue weighted by atomic mass is 35.5. The van der Waals surface area contributed by atoms with Crippen molar-refractivity contribution in [3.63, 3.8) is 0 Å². The molecule has 3 nitrogen and oxygen atoms in total. The number of hydrogen-bond acceptors (Lipinski definition) is 1. The molecular formula is C15H11Cl3N2O. The third-order valence-corrected chi connectivity index (χ3v) is 3.17. The molecule has 2 amide bonds. The lowest BCUT2D eigenvalue weighted by atomic mass is 10.2. The molecule has 0 unspecified atom stereocenters. The molecule has 0 aliphatic carbocycles. The SMILES string of the molecule is O=C(N/C=C/c1ccc(Cl)cc1)Nc1cc(Cl)cc(Cl)c1. The monoisotopic (exact) mass is 340 g/mol. The highest BCUT2D eigenvalue weighted by Crippen LogP contribution is 2.22. The quantitative estimate of drug-likeness (QED) is 0.767. The summed E-state index contributed by atoms with van der Waals surface area (Å²) in [5, 5.41) is 6.78. The second kappa shape index (κ2) is 7.36. The lowest BCUT2D eigenvalue weighted by Crippen LogP contribution is -2.23. The van der Waals surface area contributed by atoms with Crippen LogP contribution in [0.1, 0.15) is 5.56 Å². The smallest absolute Gasteiger partial charge is 0.314 e. The van der Waals surface area contributed by atoms with Gasteiger partial charge in [0.2, 0.25) is 0 Å². The van der Waals surface area contributed by atoms with E-state index in [1.807, 2.05) is 12.1 Å². The summed E-state index contributed by atoms with van der Waals surface area (Å²) in [6.07, 6.45) is 3.28. The molecule has 2 aromatic carbocycles. The van der Waals surface area contributed by atoms with E-state index in [9.17, 15) is 4.79 Å². The number of anilines is 1. The maximum atomic E-state index is 11.7. The summed E-state index contributed by atoms with van der Waals surface area (Å²) < 4.78 is 0. The standard InChI is InChI=1S/C15H11Cl3N2O/c16-11-3-1-10(2-4-11)5-6-19-15(21)20-14-8-12(17)7-13(18)9-14/h1-9H,(H2,19,20,21)/b6-5+. The van der Waals surface area contributed by atoms with Crippen LogP contribution in [0, 0.1) is 0 Å². The lowest BCUT2D eigenvalue weighted by molar-refractivity contribution is 0.255. The minimum Gasteiger partial charge on any atom is -0.314 e. The van der Waals surface area contributed by atoms with Crippen molar-refractivity contribution in [2.75, 3.05) is 5.32 Å². The molecule has 108 valence electrons. The van der Waals surface area contributed by atoms with Gasteiger partial charge in [-0.1, -0.05) is 46.9 Å². The first-order chi connectivity index (χ1) is 10.0. The van der Waals surface area contributed by atoms with Crippen LogP contribution in [0.3, 0.4) is 0 Å². The Kier molecular flexibility index (Phi) is 5.51. The average Bonchev–Trinajstić information content (AvgIpc) is 2.39. The normalized spacial score (nSPS) is 10.6. The number of benzene rings is 2. The van der Waals surface area contributed by atoms with E-state index in [0.29, 0.717) is 20.8 Å². The average molecular weight is 342 g/mol. The van der Waals surface area contributed by atoms with Crippen LogP contribution in [0.2, 0.25) is 15.1 Å². The number of hydrogen-bond donors (Lipinski definition) is 2. The van der Waals surface area contributed by atoms with E-state index in [4.69, 9.17) is 34.8 Å². The summed E-state index contributed by atoms with van der Waals surface area (Å²) in [5.74, 6) is 0. The number of rotatable bonds is 3. The predicted octanol–water partition coefficient (Wildman–Crippen LogP) is 5.44.